The van der Waals surface area contributed by atoms with Crippen molar-refractivity contribution < 1.29 is 5.11 Å². The van der Waals surface area contributed by atoms with Crippen LogP contribution in [0.3, 0.4) is 0 Å². The van der Waals surface area contributed by atoms with Crippen LogP contribution in [0.15, 0.2) is 78.9 Å². The van der Waals surface area contributed by atoms with Crippen molar-refractivity contribution in [2.45, 2.75) is 39.5 Å². The molecule has 0 unspecified atom stereocenters. The fourth-order valence-electron chi connectivity index (χ4n) is 4.44. The van der Waals surface area contributed by atoms with E-state index in [4.69, 9.17) is 5.26 Å². The zero-order valence-electron chi connectivity index (χ0n) is 18.8. The van der Waals surface area contributed by atoms with Crippen LogP contribution in [0.1, 0.15) is 42.5 Å². The van der Waals surface area contributed by atoms with Crippen molar-refractivity contribution in [3.8, 4) is 22.9 Å². The summed E-state index contributed by atoms with van der Waals surface area (Å²) in [7, 11) is 0. The molecule has 0 atom stereocenters. The lowest BCUT2D eigenvalue weighted by Crippen LogP contribution is -1.99. The van der Waals surface area contributed by atoms with Crippen LogP contribution in [-0.4, -0.2) is 5.11 Å². The Morgan fingerprint density at radius 2 is 1.66 bits per heavy atom. The number of nitrogens with zero attached hydrogens (tertiary/aromatic N) is 1. The molecule has 0 aliphatic heterocycles. The van der Waals surface area contributed by atoms with Gasteiger partial charge in [0.15, 0.2) is 0 Å². The molecule has 0 aliphatic carbocycles. The fourth-order valence-corrected chi connectivity index (χ4v) is 4.44. The molecule has 0 saturated heterocycles. The highest BCUT2D eigenvalue weighted by Gasteiger charge is 2.12. The summed E-state index contributed by atoms with van der Waals surface area (Å²) in [6, 6.07) is 29.5. The van der Waals surface area contributed by atoms with E-state index in [2.05, 4.69) is 86.6 Å². The number of hydrogen-bond donors (Lipinski definition) is 1. The smallest absolute Gasteiger partial charge is 0.119 e. The van der Waals surface area contributed by atoms with Gasteiger partial charge in [0.1, 0.15) is 5.75 Å². The normalized spacial score (nSPS) is 11.1. The maximum atomic E-state index is 10.6. The van der Waals surface area contributed by atoms with Gasteiger partial charge in [0.25, 0.3) is 0 Å². The molecular weight excluding hydrogens is 390 g/mol. The number of rotatable bonds is 7. The zero-order chi connectivity index (χ0) is 22.5. The zero-order valence-corrected chi connectivity index (χ0v) is 18.8. The molecule has 4 aromatic carbocycles. The first kappa shape index (κ1) is 21.7. The topological polar surface area (TPSA) is 44.0 Å². The predicted octanol–water partition coefficient (Wildman–Crippen LogP) is 7.46. The third kappa shape index (κ3) is 4.84. The van der Waals surface area contributed by atoms with Crippen LogP contribution in [0.5, 0.6) is 5.75 Å². The Bertz CT molecular complexity index is 1270. The van der Waals surface area contributed by atoms with Crippen LogP contribution in [-0.2, 0) is 19.3 Å². The van der Waals surface area contributed by atoms with Gasteiger partial charge in [-0.15, -0.1) is 0 Å². The van der Waals surface area contributed by atoms with Crippen LogP contribution in [0, 0.1) is 17.2 Å². The SMILES string of the molecule is CC(C)Cc1cc(CCC#N)ccc1-c1ccc(O)c(Cc2cccc3ccccc23)c1. The number of phenols is 1. The van der Waals surface area contributed by atoms with Crippen molar-refractivity contribution in [1.82, 2.24) is 0 Å². The summed E-state index contributed by atoms with van der Waals surface area (Å²) in [6.45, 7) is 4.46. The molecule has 160 valence electrons. The summed E-state index contributed by atoms with van der Waals surface area (Å²) >= 11 is 0. The van der Waals surface area contributed by atoms with Crippen LogP contribution in [0.4, 0.5) is 0 Å². The molecule has 32 heavy (non-hydrogen) atoms. The third-order valence-corrected chi connectivity index (χ3v) is 5.97. The van der Waals surface area contributed by atoms with E-state index in [1.54, 1.807) is 0 Å². The second-order valence-electron chi connectivity index (χ2n) is 8.91. The second-order valence-corrected chi connectivity index (χ2v) is 8.91. The number of fused-ring (bicyclic) bond motifs is 1. The molecule has 2 heteroatoms. The molecule has 0 spiro atoms. The maximum absolute atomic E-state index is 10.6. The van der Waals surface area contributed by atoms with Gasteiger partial charge in [-0.1, -0.05) is 80.6 Å². The predicted molar refractivity (Wildman–Crippen MR) is 133 cm³/mol. The standard InChI is InChI=1S/C30H29NO/c1-21(2)17-26-18-22(7-6-16-31)12-14-29(26)25-13-15-30(32)27(20-25)19-24-10-5-9-23-8-3-4-11-28(23)24/h3-5,8-15,18,20-21,32H,6-7,17,19H2,1-2H3. The first-order valence-corrected chi connectivity index (χ1v) is 11.3. The number of aromatic hydroxyl groups is 1. The van der Waals surface area contributed by atoms with Crippen LogP contribution >= 0.6 is 0 Å². The van der Waals surface area contributed by atoms with Crippen molar-refractivity contribution in [1.29, 1.82) is 5.26 Å². The number of benzene rings is 4. The third-order valence-electron chi connectivity index (χ3n) is 5.97. The average Bonchev–Trinajstić information content (AvgIpc) is 2.79. The van der Waals surface area contributed by atoms with E-state index in [9.17, 15) is 5.11 Å². The van der Waals surface area contributed by atoms with Crippen molar-refractivity contribution in [2.75, 3.05) is 0 Å². The fraction of sp³-hybridized carbons (Fsp3) is 0.233. The Hall–Kier alpha value is -3.57. The van der Waals surface area contributed by atoms with Gasteiger partial charge in [-0.3, -0.25) is 0 Å². The lowest BCUT2D eigenvalue weighted by molar-refractivity contribution is 0.469. The van der Waals surface area contributed by atoms with Crippen molar-refractivity contribution in [3.63, 3.8) is 0 Å². The first-order valence-electron chi connectivity index (χ1n) is 11.3. The van der Waals surface area contributed by atoms with Gasteiger partial charge < -0.3 is 5.11 Å². The van der Waals surface area contributed by atoms with Crippen LogP contribution < -0.4 is 0 Å². The average molecular weight is 420 g/mol. The van der Waals surface area contributed by atoms with Crippen LogP contribution in [0.25, 0.3) is 21.9 Å². The van der Waals surface area contributed by atoms with Crippen molar-refractivity contribution in [2.24, 2.45) is 5.92 Å². The monoisotopic (exact) mass is 419 g/mol. The van der Waals surface area contributed by atoms with E-state index in [-0.39, 0.29) is 0 Å². The Morgan fingerprint density at radius 3 is 2.47 bits per heavy atom. The van der Waals surface area contributed by atoms with Crippen LogP contribution in [0.2, 0.25) is 0 Å². The summed E-state index contributed by atoms with van der Waals surface area (Å²) in [6.07, 6.45) is 2.98. The quantitative estimate of drug-likeness (QED) is 0.338. The first-order chi connectivity index (χ1) is 15.5. The molecule has 4 rings (SSSR count). The number of nitriles is 1. The van der Waals surface area contributed by atoms with Gasteiger partial charge >= 0.3 is 0 Å². The summed E-state index contributed by atoms with van der Waals surface area (Å²) in [5.74, 6) is 0.866. The molecule has 0 fully saturated rings. The largest absolute Gasteiger partial charge is 0.508 e. The Kier molecular flexibility index (Phi) is 6.57. The molecule has 0 radical (unpaired) electrons. The molecule has 0 saturated carbocycles. The molecule has 0 heterocycles. The molecule has 0 amide bonds. The highest BCUT2D eigenvalue weighted by atomic mass is 16.3. The van der Waals surface area contributed by atoms with E-state index in [0.29, 0.717) is 24.5 Å². The van der Waals surface area contributed by atoms with Gasteiger partial charge in [-0.2, -0.15) is 5.26 Å². The second kappa shape index (κ2) is 9.71. The molecular formula is C30H29NO. The van der Waals surface area contributed by atoms with Crippen molar-refractivity contribution >= 4 is 10.8 Å². The number of aryl methyl sites for hydroxylation is 1. The van der Waals surface area contributed by atoms with E-state index in [1.165, 1.54) is 33.0 Å². The summed E-state index contributed by atoms with van der Waals surface area (Å²) in [4.78, 5) is 0. The van der Waals surface area contributed by atoms with E-state index in [1.807, 2.05) is 12.1 Å². The Morgan fingerprint density at radius 1 is 0.844 bits per heavy atom. The highest BCUT2D eigenvalue weighted by Crippen LogP contribution is 2.33. The summed E-state index contributed by atoms with van der Waals surface area (Å²) < 4.78 is 0. The Labute approximate surface area is 190 Å². The molecule has 2 nitrogen and oxygen atoms in total. The minimum Gasteiger partial charge on any atom is -0.508 e. The van der Waals surface area contributed by atoms with Gasteiger partial charge in [0.05, 0.1) is 6.07 Å². The van der Waals surface area contributed by atoms with Gasteiger partial charge in [0, 0.05) is 12.8 Å². The molecule has 0 aromatic heterocycles. The summed E-state index contributed by atoms with van der Waals surface area (Å²) in [5, 5.41) is 22.0. The maximum Gasteiger partial charge on any atom is 0.119 e. The lowest BCUT2D eigenvalue weighted by Gasteiger charge is -2.16. The van der Waals surface area contributed by atoms with E-state index in [0.717, 1.165) is 24.0 Å². The molecule has 0 bridgehead atoms. The lowest BCUT2D eigenvalue weighted by atomic mass is 9.89. The van der Waals surface area contributed by atoms with E-state index < -0.39 is 0 Å². The molecule has 0 aliphatic rings. The Balaban J connectivity index is 1.73. The number of phenolic OH excluding ortho intramolecular Hbond substituents is 1. The van der Waals surface area contributed by atoms with Gasteiger partial charge in [-0.25, -0.2) is 0 Å². The molecule has 1 N–H and O–H groups in total. The molecule has 4 aromatic rings. The van der Waals surface area contributed by atoms with Crippen molar-refractivity contribution in [3.05, 3.63) is 101 Å². The van der Waals surface area contributed by atoms with Gasteiger partial charge in [-0.05, 0) is 75.0 Å². The van der Waals surface area contributed by atoms with E-state index >= 15 is 0 Å². The number of hydrogen-bond acceptors (Lipinski definition) is 2. The minimum absolute atomic E-state index is 0.331. The highest BCUT2D eigenvalue weighted by molar-refractivity contribution is 5.86. The minimum atomic E-state index is 0.331. The van der Waals surface area contributed by atoms with Gasteiger partial charge in [0.2, 0.25) is 0 Å². The summed E-state index contributed by atoms with van der Waals surface area (Å²) in [5.41, 5.74) is 6.99.